The molecule has 1 aliphatic rings. The number of nitrogens with zero attached hydrogens (tertiary/aromatic N) is 4. The molecule has 5 nitrogen and oxygen atoms in total. The first-order valence-electron chi connectivity index (χ1n) is 23.5. The van der Waals surface area contributed by atoms with Crippen LogP contribution in [-0.4, -0.2) is 9.55 Å². The average Bonchev–Trinajstić information content (AvgIpc) is 3.88. The molecule has 3 heterocycles. The van der Waals surface area contributed by atoms with E-state index >= 15 is 0 Å². The van der Waals surface area contributed by atoms with Crippen LogP contribution in [0.4, 0.5) is 11.4 Å². The summed E-state index contributed by atoms with van der Waals surface area (Å²) in [6.07, 6.45) is 4.18. The maximum atomic E-state index is 6.73. The number of rotatable bonds is 10. The van der Waals surface area contributed by atoms with Gasteiger partial charge in [-0.15, -0.1) is 48.1 Å². The van der Waals surface area contributed by atoms with E-state index in [1.165, 1.54) is 44.3 Å². The average molecular weight is 1060 g/mol. The number of hydrogen-bond donors (Lipinski definition) is 0. The van der Waals surface area contributed by atoms with Crippen LogP contribution in [-0.2, 0) is 37.3 Å². The van der Waals surface area contributed by atoms with Gasteiger partial charge in [0, 0.05) is 66.6 Å². The van der Waals surface area contributed by atoms with Crippen LogP contribution in [0.2, 0.25) is 0 Å². The zero-order chi connectivity index (χ0) is 46.7. The van der Waals surface area contributed by atoms with Crippen molar-refractivity contribution in [3.8, 4) is 17.3 Å². The monoisotopic (exact) mass is 1060 g/mol. The van der Waals surface area contributed by atoms with E-state index in [1.807, 2.05) is 24.4 Å². The quantitative estimate of drug-likeness (QED) is 0.128. The van der Waals surface area contributed by atoms with E-state index in [0.29, 0.717) is 23.3 Å². The molecule has 0 spiro atoms. The SMILES string of the molecule is CC(C)c1cccc(C(C)C)c1C1=CN(c2[c-]c(Oc3[c-]c4c(cc3)c3cc(C(C)(C)C)ccc3n4-c3cc(C(C)(C)C)ccn3)ccc2)[CH-]N1c1cccc(C(C)(C)c2ccccc2)c1.[Pt]. The molecule has 6 aromatic carbocycles. The molecule has 0 radical (unpaired) electrons. The summed E-state index contributed by atoms with van der Waals surface area (Å²) >= 11 is 0. The van der Waals surface area contributed by atoms with Crippen LogP contribution in [0.5, 0.6) is 11.5 Å². The molecule has 2 aromatic heterocycles. The van der Waals surface area contributed by atoms with Crippen molar-refractivity contribution in [1.82, 2.24) is 9.55 Å². The summed E-state index contributed by atoms with van der Waals surface area (Å²) < 4.78 is 8.96. The fourth-order valence-corrected chi connectivity index (χ4v) is 9.31. The van der Waals surface area contributed by atoms with Crippen molar-refractivity contribution >= 4 is 38.9 Å². The summed E-state index contributed by atoms with van der Waals surface area (Å²) in [5, 5.41) is 2.27. The van der Waals surface area contributed by atoms with Crippen LogP contribution < -0.4 is 14.5 Å². The Balaban J connectivity index is 0.00000608. The Labute approximate surface area is 413 Å². The third-order valence-electron chi connectivity index (χ3n) is 13.3. The van der Waals surface area contributed by atoms with Crippen molar-refractivity contribution in [2.45, 2.75) is 111 Å². The fourth-order valence-electron chi connectivity index (χ4n) is 9.31. The number of anilines is 2. The second-order valence-electron chi connectivity index (χ2n) is 21.1. The molecule has 9 rings (SSSR count). The van der Waals surface area contributed by atoms with Crippen LogP contribution in [0.3, 0.4) is 0 Å². The molecule has 0 amide bonds. The molecule has 0 N–H and O–H groups in total. The van der Waals surface area contributed by atoms with Gasteiger partial charge in [0.15, 0.2) is 0 Å². The Morgan fingerprint density at radius 1 is 0.582 bits per heavy atom. The third kappa shape index (κ3) is 9.25. The van der Waals surface area contributed by atoms with Crippen molar-refractivity contribution in [3.63, 3.8) is 0 Å². The summed E-state index contributed by atoms with van der Waals surface area (Å²) in [7, 11) is 0. The minimum atomic E-state index is -0.199. The largest absolute Gasteiger partial charge is 0.509 e. The second-order valence-corrected chi connectivity index (χ2v) is 21.1. The Morgan fingerprint density at radius 2 is 1.22 bits per heavy atom. The van der Waals surface area contributed by atoms with Gasteiger partial charge in [0.25, 0.3) is 0 Å². The van der Waals surface area contributed by atoms with Crippen molar-refractivity contribution in [1.29, 1.82) is 0 Å². The van der Waals surface area contributed by atoms with Gasteiger partial charge in [-0.1, -0.05) is 161 Å². The minimum Gasteiger partial charge on any atom is -0.509 e. The second kappa shape index (κ2) is 18.3. The predicted octanol–water partition coefficient (Wildman–Crippen LogP) is 16.2. The van der Waals surface area contributed by atoms with Crippen LogP contribution in [0, 0.1) is 18.8 Å². The molecular formula is C61H63N4OPt-3. The summed E-state index contributed by atoms with van der Waals surface area (Å²) in [6.45, 7) is 29.5. The summed E-state index contributed by atoms with van der Waals surface area (Å²) in [5.74, 6) is 2.73. The van der Waals surface area contributed by atoms with Crippen molar-refractivity contribution in [2.24, 2.45) is 0 Å². The van der Waals surface area contributed by atoms with Crippen molar-refractivity contribution in [3.05, 3.63) is 204 Å². The summed E-state index contributed by atoms with van der Waals surface area (Å²) in [4.78, 5) is 9.47. The van der Waals surface area contributed by atoms with Gasteiger partial charge in [0.2, 0.25) is 0 Å². The van der Waals surface area contributed by atoms with Gasteiger partial charge in [0.1, 0.15) is 5.82 Å². The Kier molecular flexibility index (Phi) is 13.0. The maximum absolute atomic E-state index is 6.73. The smallest absolute Gasteiger partial charge is 0.135 e. The van der Waals surface area contributed by atoms with Gasteiger partial charge in [-0.05, 0) is 98.0 Å². The molecule has 1 aliphatic heterocycles. The molecule has 0 fully saturated rings. The number of pyridine rings is 1. The summed E-state index contributed by atoms with van der Waals surface area (Å²) in [5.41, 5.74) is 13.8. The zero-order valence-electron chi connectivity index (χ0n) is 41.1. The minimum absolute atomic E-state index is 0. The first kappa shape index (κ1) is 47.6. The van der Waals surface area contributed by atoms with Gasteiger partial charge in [0.05, 0.1) is 0 Å². The van der Waals surface area contributed by atoms with E-state index in [-0.39, 0.29) is 37.3 Å². The fraction of sp³-hybridized carbons (Fsp3) is 0.279. The zero-order valence-corrected chi connectivity index (χ0v) is 43.4. The Hall–Kier alpha value is -5.90. The third-order valence-corrected chi connectivity index (χ3v) is 13.3. The van der Waals surface area contributed by atoms with Crippen LogP contribution in [0.25, 0.3) is 33.3 Å². The first-order valence-corrected chi connectivity index (χ1v) is 23.5. The maximum Gasteiger partial charge on any atom is 0.135 e. The van der Waals surface area contributed by atoms with Gasteiger partial charge in [-0.2, -0.15) is 12.1 Å². The number of benzene rings is 6. The van der Waals surface area contributed by atoms with Crippen LogP contribution >= 0.6 is 0 Å². The first-order chi connectivity index (χ1) is 31.4. The molecular weight excluding hydrogens is 1000 g/mol. The number of aromatic nitrogens is 2. The van der Waals surface area contributed by atoms with E-state index in [1.54, 1.807) is 0 Å². The molecule has 0 unspecified atom stereocenters. The molecule has 67 heavy (non-hydrogen) atoms. The Bertz CT molecular complexity index is 3080. The topological polar surface area (TPSA) is 33.5 Å². The van der Waals surface area contributed by atoms with E-state index in [9.17, 15) is 0 Å². The molecule has 0 atom stereocenters. The standard InChI is InChI=1S/C61H63N4O.Pt/c1-40(2)50-25-18-26-51(41(3)4)58(50)56-38-63(39-64(56)47-23-16-21-45(33-47)61(11,12)42-19-14-13-15-20-42)46-22-17-24-48(36-46)66-49-28-29-52-53-34-43(59(5,6)7)27-30-54(53)65(55(52)37-49)57-35-44(31-32-62-57)60(8,9)10;/h13-35,38-41H,1-12H3;/q-3;. The van der Waals surface area contributed by atoms with Crippen molar-refractivity contribution < 1.29 is 25.8 Å². The molecule has 0 bridgehead atoms. The molecule has 6 heteroatoms. The predicted molar refractivity (Wildman–Crippen MR) is 277 cm³/mol. The van der Waals surface area contributed by atoms with Crippen LogP contribution in [0.15, 0.2) is 146 Å². The molecule has 8 aromatic rings. The van der Waals surface area contributed by atoms with E-state index in [2.05, 4.69) is 238 Å². The molecule has 0 aliphatic carbocycles. The van der Waals surface area contributed by atoms with E-state index < -0.39 is 0 Å². The molecule has 0 saturated carbocycles. The van der Waals surface area contributed by atoms with Gasteiger partial charge >= 0.3 is 0 Å². The number of hydrogen-bond acceptors (Lipinski definition) is 4. The van der Waals surface area contributed by atoms with Gasteiger partial charge in [-0.3, -0.25) is 0 Å². The normalized spacial score (nSPS) is 13.5. The van der Waals surface area contributed by atoms with Crippen LogP contribution in [0.1, 0.15) is 134 Å². The number of ether oxygens (including phenoxy) is 1. The van der Waals surface area contributed by atoms with Crippen molar-refractivity contribution in [2.75, 3.05) is 9.80 Å². The number of fused-ring (bicyclic) bond motifs is 3. The van der Waals surface area contributed by atoms with Gasteiger partial charge in [-0.25, -0.2) is 4.98 Å². The van der Waals surface area contributed by atoms with Gasteiger partial charge < -0.3 is 19.1 Å². The summed E-state index contributed by atoms with van der Waals surface area (Å²) in [6, 6.07) is 55.3. The molecule has 0 saturated heterocycles. The molecule has 346 valence electrons. The Morgan fingerprint density at radius 3 is 1.91 bits per heavy atom. The van der Waals surface area contributed by atoms with E-state index in [0.717, 1.165) is 39.3 Å². The van der Waals surface area contributed by atoms with E-state index in [4.69, 9.17) is 9.72 Å².